The Labute approximate surface area is 112 Å². The number of hydrogen-bond donors (Lipinski definition) is 2. The van der Waals surface area contributed by atoms with E-state index in [4.69, 9.17) is 5.73 Å². The van der Waals surface area contributed by atoms with E-state index in [1.54, 1.807) is 0 Å². The summed E-state index contributed by atoms with van der Waals surface area (Å²) in [6, 6.07) is 0. The van der Waals surface area contributed by atoms with Gasteiger partial charge in [-0.25, -0.2) is 0 Å². The molecule has 1 heterocycles. The molecule has 1 aromatic heterocycles. The van der Waals surface area contributed by atoms with E-state index in [1.807, 2.05) is 11.5 Å². The maximum Gasteiger partial charge on any atom is 0.230 e. The molecule has 0 bridgehead atoms. The SMILES string of the molecule is CCCCNC(=O)CSc1nnc(CN)n1CC. The second-order valence-corrected chi connectivity index (χ2v) is 4.78. The highest BCUT2D eigenvalue weighted by molar-refractivity contribution is 7.99. The fourth-order valence-electron chi connectivity index (χ4n) is 1.48. The van der Waals surface area contributed by atoms with Gasteiger partial charge in [0.05, 0.1) is 12.3 Å². The van der Waals surface area contributed by atoms with Crippen LogP contribution < -0.4 is 11.1 Å². The largest absolute Gasteiger partial charge is 0.355 e. The minimum Gasteiger partial charge on any atom is -0.355 e. The molecule has 18 heavy (non-hydrogen) atoms. The standard InChI is InChI=1S/C11H21N5OS/c1-3-5-6-13-10(17)8-18-11-15-14-9(7-12)16(11)4-2/h3-8,12H2,1-2H3,(H,13,17). The number of unbranched alkanes of at least 4 members (excludes halogenated alkanes) is 1. The van der Waals surface area contributed by atoms with Crippen LogP contribution in [-0.4, -0.2) is 33.0 Å². The summed E-state index contributed by atoms with van der Waals surface area (Å²) < 4.78 is 1.93. The highest BCUT2D eigenvalue weighted by Gasteiger charge is 2.11. The zero-order valence-electron chi connectivity index (χ0n) is 11.0. The molecule has 1 aromatic rings. The maximum atomic E-state index is 11.6. The first-order valence-electron chi connectivity index (χ1n) is 6.24. The first-order valence-corrected chi connectivity index (χ1v) is 7.23. The number of aromatic nitrogens is 3. The first-order chi connectivity index (χ1) is 8.72. The summed E-state index contributed by atoms with van der Waals surface area (Å²) in [5, 5.41) is 11.7. The Morgan fingerprint density at radius 2 is 2.22 bits per heavy atom. The Bertz CT molecular complexity index is 380. The number of nitrogens with one attached hydrogen (secondary N) is 1. The van der Waals surface area contributed by atoms with Crippen LogP contribution in [0.3, 0.4) is 0 Å². The zero-order valence-corrected chi connectivity index (χ0v) is 11.8. The van der Waals surface area contributed by atoms with Gasteiger partial charge in [-0.15, -0.1) is 10.2 Å². The van der Waals surface area contributed by atoms with Crippen molar-refractivity contribution in [3.05, 3.63) is 5.82 Å². The zero-order chi connectivity index (χ0) is 13.4. The number of thioether (sulfide) groups is 1. The normalized spacial score (nSPS) is 10.6. The summed E-state index contributed by atoms with van der Waals surface area (Å²) in [4.78, 5) is 11.6. The summed E-state index contributed by atoms with van der Waals surface area (Å²) in [7, 11) is 0. The predicted octanol–water partition coefficient (Wildman–Crippen LogP) is 0.765. The molecule has 0 aromatic carbocycles. The molecule has 0 aliphatic heterocycles. The van der Waals surface area contributed by atoms with Crippen LogP contribution in [0.5, 0.6) is 0 Å². The molecule has 1 rings (SSSR count). The third-order valence-electron chi connectivity index (χ3n) is 2.48. The molecular weight excluding hydrogens is 250 g/mol. The number of hydrogen-bond acceptors (Lipinski definition) is 5. The van der Waals surface area contributed by atoms with E-state index in [0.717, 1.165) is 36.9 Å². The first kappa shape index (κ1) is 15.0. The van der Waals surface area contributed by atoms with Crippen LogP contribution in [0.4, 0.5) is 0 Å². The molecule has 0 fully saturated rings. The Kier molecular flexibility index (Phi) is 6.74. The summed E-state index contributed by atoms with van der Waals surface area (Å²) in [6.07, 6.45) is 2.09. The van der Waals surface area contributed by atoms with Gasteiger partial charge >= 0.3 is 0 Å². The summed E-state index contributed by atoms with van der Waals surface area (Å²) in [6.45, 7) is 5.97. The van der Waals surface area contributed by atoms with Crippen molar-refractivity contribution in [3.8, 4) is 0 Å². The van der Waals surface area contributed by atoms with Crippen LogP contribution in [0, 0.1) is 0 Å². The van der Waals surface area contributed by atoms with E-state index >= 15 is 0 Å². The molecule has 0 atom stereocenters. The number of nitrogens with two attached hydrogens (primary N) is 1. The molecule has 0 saturated heterocycles. The summed E-state index contributed by atoms with van der Waals surface area (Å²) in [5.41, 5.74) is 5.56. The Hall–Kier alpha value is -1.08. The molecule has 0 radical (unpaired) electrons. The van der Waals surface area contributed by atoms with Gasteiger partial charge in [0, 0.05) is 13.1 Å². The van der Waals surface area contributed by atoms with Crippen molar-refractivity contribution >= 4 is 17.7 Å². The topological polar surface area (TPSA) is 85.8 Å². The average Bonchev–Trinajstić information content (AvgIpc) is 2.78. The van der Waals surface area contributed by atoms with E-state index in [1.165, 1.54) is 11.8 Å². The van der Waals surface area contributed by atoms with Crippen LogP contribution >= 0.6 is 11.8 Å². The lowest BCUT2D eigenvalue weighted by Crippen LogP contribution is -2.26. The molecular formula is C11H21N5OS. The van der Waals surface area contributed by atoms with Gasteiger partial charge in [-0.3, -0.25) is 4.79 Å². The maximum absolute atomic E-state index is 11.6. The lowest BCUT2D eigenvalue weighted by molar-refractivity contribution is -0.118. The van der Waals surface area contributed by atoms with Crippen molar-refractivity contribution in [1.82, 2.24) is 20.1 Å². The molecule has 1 amide bonds. The smallest absolute Gasteiger partial charge is 0.230 e. The number of amides is 1. The second-order valence-electron chi connectivity index (χ2n) is 3.84. The quantitative estimate of drug-likeness (QED) is 0.538. The van der Waals surface area contributed by atoms with Gasteiger partial charge in [-0.05, 0) is 13.3 Å². The fraction of sp³-hybridized carbons (Fsp3) is 0.727. The van der Waals surface area contributed by atoms with Crippen LogP contribution in [0.1, 0.15) is 32.5 Å². The third-order valence-corrected chi connectivity index (χ3v) is 3.44. The number of carbonyl (C=O) groups excluding carboxylic acids is 1. The number of carbonyl (C=O) groups is 1. The fourth-order valence-corrected chi connectivity index (χ4v) is 2.33. The third kappa shape index (κ3) is 4.30. The Morgan fingerprint density at radius 3 is 2.83 bits per heavy atom. The van der Waals surface area contributed by atoms with Crippen LogP contribution in [0.15, 0.2) is 5.16 Å². The van der Waals surface area contributed by atoms with Crippen molar-refractivity contribution in [2.24, 2.45) is 5.73 Å². The Balaban J connectivity index is 2.43. The van der Waals surface area contributed by atoms with E-state index in [9.17, 15) is 4.79 Å². The average molecular weight is 271 g/mol. The van der Waals surface area contributed by atoms with Gasteiger partial charge in [0.15, 0.2) is 5.16 Å². The lowest BCUT2D eigenvalue weighted by Gasteiger charge is -2.06. The summed E-state index contributed by atoms with van der Waals surface area (Å²) in [5.74, 6) is 1.16. The molecule has 3 N–H and O–H groups in total. The minimum absolute atomic E-state index is 0.0356. The van der Waals surface area contributed by atoms with E-state index in [2.05, 4.69) is 22.4 Å². The van der Waals surface area contributed by atoms with Crippen molar-refractivity contribution in [2.45, 2.75) is 44.9 Å². The number of nitrogens with zero attached hydrogens (tertiary/aromatic N) is 3. The van der Waals surface area contributed by atoms with Crippen molar-refractivity contribution in [1.29, 1.82) is 0 Å². The molecule has 0 aliphatic carbocycles. The van der Waals surface area contributed by atoms with Crippen molar-refractivity contribution < 1.29 is 4.79 Å². The molecule has 6 nitrogen and oxygen atoms in total. The second kappa shape index (κ2) is 8.10. The van der Waals surface area contributed by atoms with Gasteiger partial charge in [-0.1, -0.05) is 25.1 Å². The molecule has 0 spiro atoms. The van der Waals surface area contributed by atoms with Crippen molar-refractivity contribution in [2.75, 3.05) is 12.3 Å². The molecule has 0 saturated carbocycles. The van der Waals surface area contributed by atoms with Gasteiger partial charge in [0.1, 0.15) is 5.82 Å². The monoisotopic (exact) mass is 271 g/mol. The predicted molar refractivity (Wildman–Crippen MR) is 72.2 cm³/mol. The van der Waals surface area contributed by atoms with Gasteiger partial charge < -0.3 is 15.6 Å². The van der Waals surface area contributed by atoms with Crippen LogP contribution in [-0.2, 0) is 17.9 Å². The molecule has 0 aliphatic rings. The highest BCUT2D eigenvalue weighted by Crippen LogP contribution is 2.16. The molecule has 102 valence electrons. The van der Waals surface area contributed by atoms with Crippen molar-refractivity contribution in [3.63, 3.8) is 0 Å². The van der Waals surface area contributed by atoms with Crippen LogP contribution in [0.25, 0.3) is 0 Å². The van der Waals surface area contributed by atoms with Gasteiger partial charge in [-0.2, -0.15) is 0 Å². The minimum atomic E-state index is 0.0356. The molecule has 7 heteroatoms. The van der Waals surface area contributed by atoms with E-state index in [-0.39, 0.29) is 5.91 Å². The molecule has 0 unspecified atom stereocenters. The van der Waals surface area contributed by atoms with E-state index < -0.39 is 0 Å². The van der Waals surface area contributed by atoms with E-state index in [0.29, 0.717) is 12.3 Å². The number of rotatable bonds is 8. The Morgan fingerprint density at radius 1 is 1.44 bits per heavy atom. The van der Waals surface area contributed by atoms with Gasteiger partial charge in [0.2, 0.25) is 5.91 Å². The van der Waals surface area contributed by atoms with Gasteiger partial charge in [0.25, 0.3) is 0 Å². The lowest BCUT2D eigenvalue weighted by atomic mass is 10.3. The highest BCUT2D eigenvalue weighted by atomic mass is 32.2. The summed E-state index contributed by atoms with van der Waals surface area (Å²) >= 11 is 1.40. The van der Waals surface area contributed by atoms with Crippen LogP contribution in [0.2, 0.25) is 0 Å².